The smallest absolute Gasteiger partial charge is 0.319 e. The van der Waals surface area contributed by atoms with Crippen LogP contribution in [0.2, 0.25) is 0 Å². The maximum absolute atomic E-state index is 14.4. The van der Waals surface area contributed by atoms with Crippen molar-refractivity contribution in [2.24, 2.45) is 0 Å². The number of nitrogens with one attached hydrogen (secondary N) is 1. The Labute approximate surface area is 207 Å². The van der Waals surface area contributed by atoms with Crippen LogP contribution in [0.4, 0.5) is 8.78 Å². The van der Waals surface area contributed by atoms with Gasteiger partial charge in [0.2, 0.25) is 0 Å². The van der Waals surface area contributed by atoms with Gasteiger partial charge < -0.3 is 14.4 Å². The molecule has 2 aromatic carbocycles. The summed E-state index contributed by atoms with van der Waals surface area (Å²) in [5.74, 6) is -2.49. The van der Waals surface area contributed by atoms with Crippen molar-refractivity contribution in [1.29, 1.82) is 0 Å². The van der Waals surface area contributed by atoms with Gasteiger partial charge in [0.25, 0.3) is 0 Å². The van der Waals surface area contributed by atoms with Crippen LogP contribution in [0.1, 0.15) is 48.8 Å². The first kappa shape index (κ1) is 22.0. The summed E-state index contributed by atoms with van der Waals surface area (Å²) in [6.07, 6.45) is 4.59. The van der Waals surface area contributed by atoms with E-state index in [1.165, 1.54) is 6.07 Å². The minimum absolute atomic E-state index is 0.0411. The number of alkyl halides is 1. The van der Waals surface area contributed by atoms with Crippen molar-refractivity contribution in [3.8, 4) is 5.69 Å². The second-order valence-electron chi connectivity index (χ2n) is 9.35. The number of halogens is 3. The maximum atomic E-state index is 14.4. The predicted molar refractivity (Wildman–Crippen MR) is 132 cm³/mol. The zero-order valence-electron chi connectivity index (χ0n) is 18.2. The van der Waals surface area contributed by atoms with E-state index in [0.717, 1.165) is 52.0 Å². The molecular formula is C25H22F2IN3O3. The molecule has 0 radical (unpaired) electrons. The van der Waals surface area contributed by atoms with Crippen LogP contribution in [0.3, 0.4) is 0 Å². The molecule has 34 heavy (non-hydrogen) atoms. The number of aromatic nitrogens is 3. The van der Waals surface area contributed by atoms with E-state index in [4.69, 9.17) is 4.74 Å². The average molecular weight is 577 g/mol. The molecule has 1 aliphatic heterocycles. The second kappa shape index (κ2) is 8.01. The summed E-state index contributed by atoms with van der Waals surface area (Å²) in [5.41, 5.74) is 4.38. The highest BCUT2D eigenvalue weighted by atomic mass is 127. The third-order valence-corrected chi connectivity index (χ3v) is 8.59. The lowest BCUT2D eigenvalue weighted by Gasteiger charge is -2.41. The molecule has 6 rings (SSSR count). The van der Waals surface area contributed by atoms with Crippen molar-refractivity contribution in [1.82, 2.24) is 14.8 Å². The lowest BCUT2D eigenvalue weighted by Crippen LogP contribution is -2.44. The fourth-order valence-corrected chi connectivity index (χ4v) is 6.62. The number of ether oxygens (including phenoxy) is 1. The predicted octanol–water partition coefficient (Wildman–Crippen LogP) is 5.81. The van der Waals surface area contributed by atoms with Crippen molar-refractivity contribution < 1.29 is 23.4 Å². The zero-order valence-corrected chi connectivity index (χ0v) is 20.3. The van der Waals surface area contributed by atoms with Crippen molar-refractivity contribution in [2.45, 2.75) is 40.9 Å². The van der Waals surface area contributed by atoms with Gasteiger partial charge in [0.15, 0.2) is 11.6 Å². The number of carboxylic acids is 1. The summed E-state index contributed by atoms with van der Waals surface area (Å²) in [6, 6.07) is 8.03. The molecule has 2 fully saturated rings. The van der Waals surface area contributed by atoms with Crippen molar-refractivity contribution in [3.63, 3.8) is 0 Å². The van der Waals surface area contributed by atoms with Gasteiger partial charge in [-0.25, -0.2) is 8.78 Å². The number of hydrogen-bond donors (Lipinski definition) is 2. The Hall–Kier alpha value is -2.53. The molecule has 0 bridgehead atoms. The summed E-state index contributed by atoms with van der Waals surface area (Å²) >= 11 is 2.05. The zero-order chi connectivity index (χ0) is 23.6. The molecule has 2 aliphatic rings. The van der Waals surface area contributed by atoms with E-state index in [-0.39, 0.29) is 11.8 Å². The van der Waals surface area contributed by atoms with Crippen molar-refractivity contribution >= 4 is 50.4 Å². The number of rotatable bonds is 4. The topological polar surface area (TPSA) is 80.1 Å². The van der Waals surface area contributed by atoms with Crippen LogP contribution in [0, 0.1) is 11.6 Å². The molecule has 3 heterocycles. The molecular weight excluding hydrogens is 555 g/mol. The largest absolute Gasteiger partial charge is 0.480 e. The second-order valence-corrected chi connectivity index (χ2v) is 11.4. The van der Waals surface area contributed by atoms with Gasteiger partial charge in [-0.2, -0.15) is 5.10 Å². The third kappa shape index (κ3) is 3.35. The van der Waals surface area contributed by atoms with Crippen LogP contribution in [-0.2, 0) is 9.53 Å². The quantitative estimate of drug-likeness (QED) is 0.237. The minimum Gasteiger partial charge on any atom is -0.480 e. The summed E-state index contributed by atoms with van der Waals surface area (Å²) in [7, 11) is 0. The third-order valence-electron chi connectivity index (χ3n) is 7.24. The summed E-state index contributed by atoms with van der Waals surface area (Å²) < 4.78 is 35.3. The number of hydrogen-bond acceptors (Lipinski definition) is 3. The van der Waals surface area contributed by atoms with Crippen molar-refractivity contribution in [2.75, 3.05) is 13.2 Å². The number of nitrogens with zero attached hydrogens (tertiary/aromatic N) is 2. The van der Waals surface area contributed by atoms with Gasteiger partial charge in [0.05, 0.1) is 23.8 Å². The van der Waals surface area contributed by atoms with Gasteiger partial charge in [0.1, 0.15) is 3.42 Å². The van der Waals surface area contributed by atoms with Crippen LogP contribution in [0.15, 0.2) is 36.5 Å². The highest BCUT2D eigenvalue weighted by Crippen LogP contribution is 2.55. The summed E-state index contributed by atoms with van der Waals surface area (Å²) in [5, 5.41) is 18.8. The standard InChI is InChI=1S/C25H22F2IN3O3/c26-18-4-3-16(7-19(18)27)31-21-6-14-11-29-30-20(14)8-17(21)22(15-9-25(28,10-15)24(32)33)23(31)13-2-1-5-34-12-13/h3-4,6-8,11,13,15H,1-2,5,9-10,12H2,(H,29,30)(H,32,33). The highest BCUT2D eigenvalue weighted by molar-refractivity contribution is 14.1. The number of aliphatic carboxylic acids is 1. The summed E-state index contributed by atoms with van der Waals surface area (Å²) in [6.45, 7) is 1.23. The molecule has 1 saturated carbocycles. The van der Waals surface area contributed by atoms with E-state index in [9.17, 15) is 18.7 Å². The van der Waals surface area contributed by atoms with Gasteiger partial charge in [-0.05, 0) is 61.4 Å². The fourth-order valence-electron chi connectivity index (χ4n) is 5.56. The Morgan fingerprint density at radius 1 is 1.21 bits per heavy atom. The lowest BCUT2D eigenvalue weighted by atomic mass is 9.69. The first-order valence-electron chi connectivity index (χ1n) is 11.3. The first-order chi connectivity index (χ1) is 16.4. The van der Waals surface area contributed by atoms with Gasteiger partial charge in [-0.1, -0.05) is 22.6 Å². The molecule has 9 heteroatoms. The number of carboxylic acid groups (broad SMARTS) is 1. The van der Waals surface area contributed by atoms with Crippen LogP contribution < -0.4 is 0 Å². The first-order valence-corrected chi connectivity index (χ1v) is 12.4. The van der Waals surface area contributed by atoms with E-state index >= 15 is 0 Å². The molecule has 1 aliphatic carbocycles. The number of aromatic amines is 1. The normalized spacial score (nSPS) is 25.0. The molecule has 176 valence electrons. The lowest BCUT2D eigenvalue weighted by molar-refractivity contribution is -0.141. The molecule has 0 spiro atoms. The molecule has 6 nitrogen and oxygen atoms in total. The monoisotopic (exact) mass is 577 g/mol. The Kier molecular flexibility index (Phi) is 5.18. The molecule has 1 atom stereocenters. The Morgan fingerprint density at radius 2 is 2.03 bits per heavy atom. The SMILES string of the molecule is O=C(O)C1(I)CC(c2c(C3CCCOC3)n(-c3ccc(F)c(F)c3)c3cc4cn[nH]c4cc23)C1. The van der Waals surface area contributed by atoms with Gasteiger partial charge in [0, 0.05) is 40.7 Å². The van der Waals surface area contributed by atoms with E-state index in [0.29, 0.717) is 31.7 Å². The van der Waals surface area contributed by atoms with Crippen LogP contribution >= 0.6 is 22.6 Å². The van der Waals surface area contributed by atoms with Gasteiger partial charge in [-0.3, -0.25) is 9.89 Å². The average Bonchev–Trinajstić information content (AvgIpc) is 3.39. The van der Waals surface area contributed by atoms with E-state index in [2.05, 4.69) is 10.2 Å². The Morgan fingerprint density at radius 3 is 2.74 bits per heavy atom. The molecule has 4 aromatic rings. The van der Waals surface area contributed by atoms with Gasteiger partial charge >= 0.3 is 5.97 Å². The molecule has 1 saturated heterocycles. The Bertz CT molecular complexity index is 1430. The fraction of sp³-hybridized carbons (Fsp3) is 0.360. The van der Waals surface area contributed by atoms with Crippen molar-refractivity contribution in [3.05, 3.63) is 59.4 Å². The van der Waals surface area contributed by atoms with E-state index < -0.39 is 21.0 Å². The number of carbonyl (C=O) groups is 1. The minimum atomic E-state index is -0.906. The number of benzene rings is 2. The molecule has 1 unspecified atom stereocenters. The van der Waals surface area contributed by atoms with Gasteiger partial charge in [-0.15, -0.1) is 0 Å². The molecule has 0 amide bonds. The Balaban J connectivity index is 1.65. The van der Waals surface area contributed by atoms with Crippen LogP contribution in [-0.4, -0.2) is 42.5 Å². The number of H-pyrrole nitrogens is 1. The maximum Gasteiger partial charge on any atom is 0.319 e. The summed E-state index contributed by atoms with van der Waals surface area (Å²) in [4.78, 5) is 11.8. The molecule has 2 aromatic heterocycles. The van der Waals surface area contributed by atoms with Crippen LogP contribution in [0.25, 0.3) is 27.5 Å². The van der Waals surface area contributed by atoms with E-state index in [1.54, 1.807) is 12.3 Å². The van der Waals surface area contributed by atoms with Crippen LogP contribution in [0.5, 0.6) is 0 Å². The highest BCUT2D eigenvalue weighted by Gasteiger charge is 2.50. The van der Waals surface area contributed by atoms with E-state index in [1.807, 2.05) is 39.3 Å². The number of fused-ring (bicyclic) bond motifs is 2. The molecule has 2 N–H and O–H groups in total.